The van der Waals surface area contributed by atoms with Gasteiger partial charge < -0.3 is 10.1 Å². The Hall–Kier alpha value is -3.37. The van der Waals surface area contributed by atoms with Gasteiger partial charge in [-0.2, -0.15) is 0 Å². The van der Waals surface area contributed by atoms with Crippen LogP contribution in [-0.4, -0.2) is 27.5 Å². The number of carbonyl (C=O) groups excluding carboxylic acids is 1. The van der Waals surface area contributed by atoms with E-state index in [-0.39, 0.29) is 28.7 Å². The van der Waals surface area contributed by atoms with Crippen LogP contribution in [0.2, 0.25) is 0 Å². The van der Waals surface area contributed by atoms with Crippen LogP contribution in [0.15, 0.2) is 53.9 Å². The molecule has 8 nitrogen and oxygen atoms in total. The average molecular weight is 428 g/mol. The Morgan fingerprint density at radius 2 is 2.03 bits per heavy atom. The van der Waals surface area contributed by atoms with Crippen molar-refractivity contribution in [1.29, 1.82) is 0 Å². The molecule has 0 aliphatic heterocycles. The van der Waals surface area contributed by atoms with Gasteiger partial charge in [0.2, 0.25) is 0 Å². The number of hydrogen-bond donors (Lipinski definition) is 2. The number of anilines is 1. The predicted molar refractivity (Wildman–Crippen MR) is 116 cm³/mol. The first-order chi connectivity index (χ1) is 14.0. The smallest absolute Gasteiger partial charge is 0.311 e. The highest BCUT2D eigenvalue weighted by Gasteiger charge is 2.19. The molecule has 2 aromatic carbocycles. The lowest BCUT2D eigenvalue weighted by atomic mass is 10.1. The van der Waals surface area contributed by atoms with Gasteiger partial charge >= 0.3 is 5.69 Å². The number of carbonyl (C=O) groups is 1. The molecule has 2 N–H and O–H groups in total. The molecule has 148 valence electrons. The summed E-state index contributed by atoms with van der Waals surface area (Å²) in [7, 11) is 0. The summed E-state index contributed by atoms with van der Waals surface area (Å²) in [5.41, 5.74) is 1.56. The molecule has 3 rings (SSSR count). The number of rotatable bonds is 6. The Balaban J connectivity index is 1.67. The molecule has 0 fully saturated rings. The first-order valence-corrected chi connectivity index (χ1v) is 9.81. The van der Waals surface area contributed by atoms with Gasteiger partial charge in [0.1, 0.15) is 0 Å². The maximum atomic E-state index is 12.4. The van der Waals surface area contributed by atoms with E-state index in [1.165, 1.54) is 23.5 Å². The fraction of sp³-hybridized carbons (Fsp3) is 0.105. The maximum Gasteiger partial charge on any atom is 0.311 e. The van der Waals surface area contributed by atoms with Gasteiger partial charge in [0.15, 0.2) is 16.0 Å². The molecule has 0 saturated carbocycles. The Morgan fingerprint density at radius 3 is 2.72 bits per heavy atom. The topological polar surface area (TPSA) is 106 Å². The van der Waals surface area contributed by atoms with Crippen molar-refractivity contribution in [1.82, 2.24) is 10.3 Å². The number of nitrogens with zero attached hydrogens (tertiary/aromatic N) is 2. The molecule has 1 amide bonds. The molecule has 0 radical (unpaired) electrons. The van der Waals surface area contributed by atoms with E-state index < -0.39 is 10.8 Å². The van der Waals surface area contributed by atoms with Crippen molar-refractivity contribution in [3.05, 3.63) is 69.6 Å². The van der Waals surface area contributed by atoms with Crippen molar-refractivity contribution >= 4 is 45.4 Å². The van der Waals surface area contributed by atoms with Crippen LogP contribution >= 0.6 is 23.6 Å². The van der Waals surface area contributed by atoms with Gasteiger partial charge in [-0.1, -0.05) is 30.3 Å². The van der Waals surface area contributed by atoms with Crippen molar-refractivity contribution in [3.63, 3.8) is 0 Å². The number of nitro benzene ring substituents is 1. The van der Waals surface area contributed by atoms with E-state index in [0.29, 0.717) is 5.13 Å². The van der Waals surface area contributed by atoms with Gasteiger partial charge in [0.25, 0.3) is 5.91 Å². The zero-order chi connectivity index (χ0) is 20.8. The van der Waals surface area contributed by atoms with Crippen molar-refractivity contribution in [2.24, 2.45) is 0 Å². The normalized spacial score (nSPS) is 10.2. The van der Waals surface area contributed by atoms with E-state index in [1.54, 1.807) is 6.92 Å². The summed E-state index contributed by atoms with van der Waals surface area (Å²) < 4.78 is 5.21. The van der Waals surface area contributed by atoms with Crippen LogP contribution in [0.5, 0.6) is 5.75 Å². The fourth-order valence-corrected chi connectivity index (χ4v) is 3.43. The van der Waals surface area contributed by atoms with E-state index in [2.05, 4.69) is 15.6 Å². The SMILES string of the molecule is CCOc1ccc(C(=O)NC(=S)Nc2nc(-c3ccccc3)cs2)cc1[N+](=O)[O-]. The zero-order valence-corrected chi connectivity index (χ0v) is 16.9. The number of aromatic nitrogens is 1. The van der Waals surface area contributed by atoms with Gasteiger partial charge in [-0.15, -0.1) is 11.3 Å². The van der Waals surface area contributed by atoms with Crippen molar-refractivity contribution in [2.75, 3.05) is 11.9 Å². The van der Waals surface area contributed by atoms with Gasteiger partial charge in [-0.05, 0) is 31.3 Å². The van der Waals surface area contributed by atoms with E-state index in [4.69, 9.17) is 17.0 Å². The summed E-state index contributed by atoms with van der Waals surface area (Å²) in [4.78, 5) is 27.4. The van der Waals surface area contributed by atoms with E-state index in [0.717, 1.165) is 17.3 Å². The van der Waals surface area contributed by atoms with Crippen LogP contribution in [-0.2, 0) is 0 Å². The van der Waals surface area contributed by atoms with Gasteiger partial charge in [0, 0.05) is 22.6 Å². The second-order valence-corrected chi connectivity index (χ2v) is 6.95. The molecule has 0 bridgehead atoms. The van der Waals surface area contributed by atoms with E-state index in [1.807, 2.05) is 35.7 Å². The van der Waals surface area contributed by atoms with Crippen LogP contribution in [0.1, 0.15) is 17.3 Å². The monoisotopic (exact) mass is 428 g/mol. The van der Waals surface area contributed by atoms with Gasteiger partial charge in [-0.25, -0.2) is 4.98 Å². The van der Waals surface area contributed by atoms with E-state index in [9.17, 15) is 14.9 Å². The minimum absolute atomic E-state index is 0.0421. The average Bonchev–Trinajstić information content (AvgIpc) is 3.17. The molecule has 10 heteroatoms. The highest BCUT2D eigenvalue weighted by molar-refractivity contribution is 7.80. The minimum atomic E-state index is -0.598. The molecule has 1 heterocycles. The number of ether oxygens (including phenoxy) is 1. The first-order valence-electron chi connectivity index (χ1n) is 8.52. The molecular formula is C19H16N4O4S2. The van der Waals surface area contributed by atoms with Crippen LogP contribution in [0.3, 0.4) is 0 Å². The summed E-state index contributed by atoms with van der Waals surface area (Å²) in [5.74, 6) is -0.473. The summed E-state index contributed by atoms with van der Waals surface area (Å²) in [6.45, 7) is 2.00. The summed E-state index contributed by atoms with van der Waals surface area (Å²) in [6.07, 6.45) is 0. The lowest BCUT2D eigenvalue weighted by Gasteiger charge is -2.09. The van der Waals surface area contributed by atoms with Crippen LogP contribution in [0.4, 0.5) is 10.8 Å². The summed E-state index contributed by atoms with van der Waals surface area (Å²) >= 11 is 6.50. The molecule has 0 aliphatic rings. The van der Waals surface area contributed by atoms with Crippen molar-refractivity contribution < 1.29 is 14.5 Å². The number of amides is 1. The minimum Gasteiger partial charge on any atom is -0.487 e. The Morgan fingerprint density at radius 1 is 1.28 bits per heavy atom. The van der Waals surface area contributed by atoms with Crippen molar-refractivity contribution in [2.45, 2.75) is 6.92 Å². The first kappa shape index (κ1) is 20.4. The van der Waals surface area contributed by atoms with E-state index >= 15 is 0 Å². The number of thiazole rings is 1. The lowest BCUT2D eigenvalue weighted by molar-refractivity contribution is -0.385. The largest absolute Gasteiger partial charge is 0.487 e. The Labute approximate surface area is 175 Å². The van der Waals surface area contributed by atoms with Gasteiger partial charge in [0.05, 0.1) is 17.2 Å². The number of hydrogen-bond acceptors (Lipinski definition) is 7. The highest BCUT2D eigenvalue weighted by atomic mass is 32.1. The summed E-state index contributed by atoms with van der Waals surface area (Å²) in [6, 6.07) is 13.6. The van der Waals surface area contributed by atoms with Crippen molar-refractivity contribution in [3.8, 4) is 17.0 Å². The highest BCUT2D eigenvalue weighted by Crippen LogP contribution is 2.28. The molecule has 0 atom stereocenters. The third kappa shape index (κ3) is 5.12. The third-order valence-electron chi connectivity index (χ3n) is 3.74. The second-order valence-electron chi connectivity index (χ2n) is 5.68. The number of nitrogens with one attached hydrogen (secondary N) is 2. The molecule has 0 spiro atoms. The van der Waals surface area contributed by atoms with Crippen LogP contribution in [0.25, 0.3) is 11.3 Å². The van der Waals surface area contributed by atoms with Gasteiger partial charge in [-0.3, -0.25) is 20.2 Å². The zero-order valence-electron chi connectivity index (χ0n) is 15.2. The second kappa shape index (κ2) is 9.22. The molecule has 29 heavy (non-hydrogen) atoms. The molecule has 0 unspecified atom stereocenters. The van der Waals surface area contributed by atoms with Crippen LogP contribution < -0.4 is 15.4 Å². The molecule has 1 aromatic heterocycles. The standard InChI is InChI=1S/C19H16N4O4S2/c1-2-27-16-9-8-13(10-15(16)23(25)26)17(24)21-18(28)22-19-20-14(11-29-19)12-6-4-3-5-7-12/h3-11H,2H2,1H3,(H2,20,21,22,24,28). The fourth-order valence-electron chi connectivity index (χ4n) is 2.46. The molecule has 3 aromatic rings. The third-order valence-corrected chi connectivity index (χ3v) is 4.70. The number of thiocarbonyl (C=S) groups is 1. The predicted octanol–water partition coefficient (Wildman–Crippen LogP) is 4.24. The lowest BCUT2D eigenvalue weighted by Crippen LogP contribution is -2.34. The number of benzene rings is 2. The summed E-state index contributed by atoms with van der Waals surface area (Å²) in [5, 5.41) is 19.0. The molecule has 0 aliphatic carbocycles. The quantitative estimate of drug-likeness (QED) is 0.343. The number of nitro groups is 1. The maximum absolute atomic E-state index is 12.4. The Bertz CT molecular complexity index is 1050. The molecule has 0 saturated heterocycles. The molecular weight excluding hydrogens is 412 g/mol. The Kier molecular flexibility index (Phi) is 6.47. The van der Waals surface area contributed by atoms with Crippen LogP contribution in [0, 0.1) is 10.1 Å².